The fourth-order valence-electron chi connectivity index (χ4n) is 3.31. The molecule has 2 aliphatic rings. The van der Waals surface area contributed by atoms with Crippen molar-refractivity contribution >= 4 is 0 Å². The zero-order valence-electron chi connectivity index (χ0n) is 12.3. The van der Waals surface area contributed by atoms with Gasteiger partial charge in [-0.25, -0.2) is 0 Å². The number of nitrogens with zero attached hydrogens (tertiary/aromatic N) is 2. The van der Waals surface area contributed by atoms with Crippen LogP contribution in [-0.4, -0.2) is 29.3 Å². The highest BCUT2D eigenvalue weighted by Gasteiger charge is 2.25. The van der Waals surface area contributed by atoms with Crippen LogP contribution in [0.5, 0.6) is 0 Å². The summed E-state index contributed by atoms with van der Waals surface area (Å²) in [6.45, 7) is 4.85. The van der Waals surface area contributed by atoms with Crippen LogP contribution in [0.4, 0.5) is 0 Å². The summed E-state index contributed by atoms with van der Waals surface area (Å²) < 4.78 is 11.2. The van der Waals surface area contributed by atoms with Crippen molar-refractivity contribution in [3.63, 3.8) is 0 Å². The van der Waals surface area contributed by atoms with Gasteiger partial charge in [-0.3, -0.25) is 0 Å². The van der Waals surface area contributed by atoms with E-state index >= 15 is 0 Å². The molecular weight excluding hydrogens is 254 g/mol. The molecule has 3 rings (SSSR count). The molecule has 20 heavy (non-hydrogen) atoms. The van der Waals surface area contributed by atoms with Gasteiger partial charge in [-0.05, 0) is 44.7 Å². The number of ether oxygens (including phenoxy) is 1. The second kappa shape index (κ2) is 6.68. The monoisotopic (exact) mass is 279 g/mol. The van der Waals surface area contributed by atoms with Crippen molar-refractivity contribution < 1.29 is 9.26 Å². The van der Waals surface area contributed by atoms with Crippen molar-refractivity contribution in [3.05, 3.63) is 11.7 Å². The Kier molecular flexibility index (Phi) is 4.68. The van der Waals surface area contributed by atoms with E-state index in [2.05, 4.69) is 22.4 Å². The van der Waals surface area contributed by atoms with E-state index in [4.69, 9.17) is 9.26 Å². The maximum Gasteiger partial charge on any atom is 0.252 e. The van der Waals surface area contributed by atoms with E-state index < -0.39 is 0 Å². The van der Waals surface area contributed by atoms with Crippen LogP contribution in [0.1, 0.15) is 63.1 Å². The average molecular weight is 279 g/mol. The summed E-state index contributed by atoms with van der Waals surface area (Å²) in [6.07, 6.45) is 7.47. The van der Waals surface area contributed by atoms with E-state index in [9.17, 15) is 0 Å². The minimum absolute atomic E-state index is 0.335. The molecule has 1 saturated carbocycles. The van der Waals surface area contributed by atoms with Crippen LogP contribution in [0, 0.1) is 5.92 Å². The number of nitrogens with one attached hydrogen (secondary N) is 1. The largest absolute Gasteiger partial charge is 0.368 e. The van der Waals surface area contributed by atoms with Crippen LogP contribution in [0.15, 0.2) is 4.52 Å². The number of hydrogen-bond donors (Lipinski definition) is 1. The molecule has 0 radical (unpaired) electrons. The van der Waals surface area contributed by atoms with Gasteiger partial charge in [0.15, 0.2) is 5.82 Å². The topological polar surface area (TPSA) is 60.2 Å². The molecule has 0 aromatic carbocycles. The second-order valence-corrected chi connectivity index (χ2v) is 6.28. The fourth-order valence-corrected chi connectivity index (χ4v) is 3.31. The molecule has 1 aliphatic carbocycles. The number of aromatic nitrogens is 2. The molecule has 1 saturated heterocycles. The first-order valence-corrected chi connectivity index (χ1v) is 7.96. The first kappa shape index (κ1) is 14.0. The summed E-state index contributed by atoms with van der Waals surface area (Å²) in [4.78, 5) is 4.53. The van der Waals surface area contributed by atoms with Gasteiger partial charge in [-0.2, -0.15) is 4.98 Å². The Morgan fingerprint density at radius 2 is 2.10 bits per heavy atom. The molecule has 5 nitrogen and oxygen atoms in total. The van der Waals surface area contributed by atoms with Crippen molar-refractivity contribution in [2.45, 2.75) is 64.1 Å². The molecule has 1 aliphatic heterocycles. The molecule has 0 bridgehead atoms. The lowest BCUT2D eigenvalue weighted by atomic mass is 9.82. The highest BCUT2D eigenvalue weighted by molar-refractivity contribution is 4.97. The number of hydrogen-bond acceptors (Lipinski definition) is 5. The Morgan fingerprint density at radius 1 is 1.25 bits per heavy atom. The van der Waals surface area contributed by atoms with Crippen molar-refractivity contribution in [1.29, 1.82) is 0 Å². The highest BCUT2D eigenvalue weighted by atomic mass is 16.5. The minimum Gasteiger partial charge on any atom is -0.368 e. The van der Waals surface area contributed by atoms with Crippen LogP contribution < -0.4 is 5.32 Å². The molecule has 112 valence electrons. The van der Waals surface area contributed by atoms with Gasteiger partial charge >= 0.3 is 0 Å². The van der Waals surface area contributed by atoms with Crippen LogP contribution in [-0.2, 0) is 11.3 Å². The van der Waals surface area contributed by atoms with Gasteiger partial charge in [0.25, 0.3) is 5.89 Å². The standard InChI is InChI=1S/C15H25N3O2/c1-11-3-2-4-12(9-11)15-17-14(20-18-15)10-19-13-5-7-16-8-6-13/h11-13,16H,2-10H2,1H3. The minimum atomic E-state index is 0.335. The number of piperidine rings is 1. The van der Waals surface area contributed by atoms with Gasteiger partial charge in [0.1, 0.15) is 6.61 Å². The molecule has 0 spiro atoms. The maximum absolute atomic E-state index is 5.85. The highest BCUT2D eigenvalue weighted by Crippen LogP contribution is 2.34. The Hall–Kier alpha value is -0.940. The zero-order chi connectivity index (χ0) is 13.8. The third-order valence-electron chi connectivity index (χ3n) is 4.51. The van der Waals surface area contributed by atoms with Gasteiger partial charge in [-0.15, -0.1) is 0 Å². The predicted octanol–water partition coefficient (Wildman–Crippen LogP) is 2.63. The number of rotatable bonds is 4. The smallest absolute Gasteiger partial charge is 0.252 e. The first-order chi connectivity index (χ1) is 9.81. The van der Waals surface area contributed by atoms with E-state index in [1.807, 2.05) is 0 Å². The predicted molar refractivity (Wildman–Crippen MR) is 75.4 cm³/mol. The van der Waals surface area contributed by atoms with Crippen LogP contribution >= 0.6 is 0 Å². The summed E-state index contributed by atoms with van der Waals surface area (Å²) in [5.41, 5.74) is 0. The summed E-state index contributed by atoms with van der Waals surface area (Å²) in [6, 6.07) is 0. The molecule has 2 heterocycles. The summed E-state index contributed by atoms with van der Waals surface area (Å²) in [5.74, 6) is 2.79. The van der Waals surface area contributed by atoms with E-state index in [1.54, 1.807) is 0 Å². The molecule has 2 fully saturated rings. The van der Waals surface area contributed by atoms with Gasteiger partial charge in [0.05, 0.1) is 6.10 Å². The van der Waals surface area contributed by atoms with Gasteiger partial charge in [-0.1, -0.05) is 24.9 Å². The first-order valence-electron chi connectivity index (χ1n) is 7.96. The van der Waals surface area contributed by atoms with Crippen molar-refractivity contribution in [1.82, 2.24) is 15.5 Å². The molecule has 1 aromatic rings. The summed E-state index contributed by atoms with van der Waals surface area (Å²) in [5, 5.41) is 7.49. The zero-order valence-corrected chi connectivity index (χ0v) is 12.3. The van der Waals surface area contributed by atoms with E-state index in [-0.39, 0.29) is 0 Å². The van der Waals surface area contributed by atoms with Crippen LogP contribution in [0.3, 0.4) is 0 Å². The molecule has 2 atom stereocenters. The molecule has 0 amide bonds. The van der Waals surface area contributed by atoms with Crippen LogP contribution in [0.25, 0.3) is 0 Å². The van der Waals surface area contributed by atoms with E-state index in [0.717, 1.165) is 37.7 Å². The molecule has 1 aromatic heterocycles. The Labute approximate surface area is 120 Å². The molecular formula is C15H25N3O2. The van der Waals surface area contributed by atoms with Gasteiger partial charge in [0.2, 0.25) is 0 Å². The van der Waals surface area contributed by atoms with Crippen molar-refractivity contribution in [2.24, 2.45) is 5.92 Å². The average Bonchev–Trinajstić information content (AvgIpc) is 2.95. The third-order valence-corrected chi connectivity index (χ3v) is 4.51. The maximum atomic E-state index is 5.85. The quantitative estimate of drug-likeness (QED) is 0.918. The molecule has 5 heteroatoms. The molecule has 2 unspecified atom stereocenters. The Bertz CT molecular complexity index is 415. The second-order valence-electron chi connectivity index (χ2n) is 6.28. The van der Waals surface area contributed by atoms with Gasteiger partial charge < -0.3 is 14.6 Å². The van der Waals surface area contributed by atoms with Crippen molar-refractivity contribution in [2.75, 3.05) is 13.1 Å². The Morgan fingerprint density at radius 3 is 2.90 bits per heavy atom. The lowest BCUT2D eigenvalue weighted by Crippen LogP contribution is -2.32. The van der Waals surface area contributed by atoms with Crippen molar-refractivity contribution in [3.8, 4) is 0 Å². The fraction of sp³-hybridized carbons (Fsp3) is 0.867. The lowest BCUT2D eigenvalue weighted by molar-refractivity contribution is 0.00859. The van der Waals surface area contributed by atoms with Gasteiger partial charge in [0, 0.05) is 5.92 Å². The van der Waals surface area contributed by atoms with E-state index in [1.165, 1.54) is 25.7 Å². The summed E-state index contributed by atoms with van der Waals surface area (Å²) >= 11 is 0. The normalized spacial score (nSPS) is 28.6. The van der Waals surface area contributed by atoms with Crippen LogP contribution in [0.2, 0.25) is 0 Å². The Balaban J connectivity index is 1.51. The summed E-state index contributed by atoms with van der Waals surface area (Å²) in [7, 11) is 0. The molecule has 1 N–H and O–H groups in total. The third kappa shape index (κ3) is 3.58. The van der Waals surface area contributed by atoms with E-state index in [0.29, 0.717) is 24.5 Å². The lowest BCUT2D eigenvalue weighted by Gasteiger charge is -2.23. The SMILES string of the molecule is CC1CCCC(c2noc(COC3CCNCC3)n2)C1.